The Morgan fingerprint density at radius 1 is 1.30 bits per heavy atom. The first kappa shape index (κ1) is 15.0. The Bertz CT molecular complexity index is 612. The summed E-state index contributed by atoms with van der Waals surface area (Å²) in [5.74, 6) is 0. The molecule has 0 amide bonds. The second kappa shape index (κ2) is 5.92. The van der Waals surface area contributed by atoms with Gasteiger partial charge in [-0.2, -0.15) is 9.57 Å². The van der Waals surface area contributed by atoms with Gasteiger partial charge in [0.1, 0.15) is 0 Å². The summed E-state index contributed by atoms with van der Waals surface area (Å²) in [6.07, 6.45) is 1.67. The van der Waals surface area contributed by atoms with Gasteiger partial charge in [-0.1, -0.05) is 6.07 Å². The van der Waals surface area contributed by atoms with Crippen molar-refractivity contribution in [3.63, 3.8) is 0 Å². The second-order valence-corrected chi connectivity index (χ2v) is 7.18. The summed E-state index contributed by atoms with van der Waals surface area (Å²) in [4.78, 5) is 2.35. The number of hydrogen-bond donors (Lipinski definition) is 0. The highest BCUT2D eigenvalue weighted by molar-refractivity contribution is 7.89. The second-order valence-electron chi connectivity index (χ2n) is 5.24. The average Bonchev–Trinajstić information content (AvgIpc) is 2.47. The van der Waals surface area contributed by atoms with E-state index in [0.29, 0.717) is 24.7 Å². The molecule has 1 aliphatic rings. The Morgan fingerprint density at radius 2 is 1.95 bits per heavy atom. The molecule has 0 radical (unpaired) electrons. The Balaban J connectivity index is 2.18. The van der Waals surface area contributed by atoms with Crippen LogP contribution in [0.3, 0.4) is 0 Å². The maximum atomic E-state index is 12.5. The van der Waals surface area contributed by atoms with Gasteiger partial charge in [-0.25, -0.2) is 8.42 Å². The van der Waals surface area contributed by atoms with E-state index in [1.54, 1.807) is 18.2 Å². The molecule has 0 spiro atoms. The van der Waals surface area contributed by atoms with Gasteiger partial charge in [0, 0.05) is 19.1 Å². The number of rotatable bonds is 3. The van der Waals surface area contributed by atoms with Crippen molar-refractivity contribution in [2.45, 2.75) is 23.8 Å². The average molecular weight is 293 g/mol. The van der Waals surface area contributed by atoms with Crippen molar-refractivity contribution in [3.05, 3.63) is 29.8 Å². The van der Waals surface area contributed by atoms with E-state index >= 15 is 0 Å². The van der Waals surface area contributed by atoms with E-state index in [4.69, 9.17) is 5.26 Å². The number of piperidine rings is 1. The van der Waals surface area contributed by atoms with Crippen molar-refractivity contribution >= 4 is 10.0 Å². The molecule has 6 heteroatoms. The third-order valence-corrected chi connectivity index (χ3v) is 5.65. The quantitative estimate of drug-likeness (QED) is 0.842. The molecule has 0 aliphatic carbocycles. The zero-order valence-corrected chi connectivity index (χ0v) is 12.6. The summed E-state index contributed by atoms with van der Waals surface area (Å²) in [6, 6.07) is 8.62. The topological polar surface area (TPSA) is 64.4 Å². The SMILES string of the molecule is CN(C)C1CCN(S(=O)(=O)c2cccc(C#N)c2)CC1. The fourth-order valence-electron chi connectivity index (χ4n) is 2.47. The third-order valence-electron chi connectivity index (χ3n) is 3.75. The van der Waals surface area contributed by atoms with Crippen molar-refractivity contribution in [1.29, 1.82) is 5.26 Å². The van der Waals surface area contributed by atoms with E-state index < -0.39 is 10.0 Å². The van der Waals surface area contributed by atoms with Crippen LogP contribution in [0.1, 0.15) is 18.4 Å². The first-order chi connectivity index (χ1) is 9.45. The highest BCUT2D eigenvalue weighted by atomic mass is 32.2. The summed E-state index contributed by atoms with van der Waals surface area (Å²) in [6.45, 7) is 1.06. The van der Waals surface area contributed by atoms with Gasteiger partial charge in [-0.05, 0) is 45.1 Å². The Kier molecular flexibility index (Phi) is 4.43. The van der Waals surface area contributed by atoms with Crippen molar-refractivity contribution in [1.82, 2.24) is 9.21 Å². The molecule has 5 nitrogen and oxygen atoms in total. The van der Waals surface area contributed by atoms with E-state index in [1.165, 1.54) is 10.4 Å². The van der Waals surface area contributed by atoms with E-state index in [2.05, 4.69) is 4.90 Å². The monoisotopic (exact) mass is 293 g/mol. The molecule has 1 aromatic carbocycles. The molecule has 20 heavy (non-hydrogen) atoms. The summed E-state index contributed by atoms with van der Waals surface area (Å²) in [5.41, 5.74) is 0.370. The van der Waals surface area contributed by atoms with E-state index in [0.717, 1.165) is 12.8 Å². The summed E-state index contributed by atoms with van der Waals surface area (Å²) < 4.78 is 26.6. The summed E-state index contributed by atoms with van der Waals surface area (Å²) in [5, 5.41) is 8.87. The van der Waals surface area contributed by atoms with E-state index in [9.17, 15) is 8.42 Å². The smallest absolute Gasteiger partial charge is 0.243 e. The number of benzene rings is 1. The maximum absolute atomic E-state index is 12.5. The van der Waals surface area contributed by atoms with Crippen LogP contribution in [0.4, 0.5) is 0 Å². The molecule has 0 aromatic heterocycles. The van der Waals surface area contributed by atoms with Crippen molar-refractivity contribution < 1.29 is 8.42 Å². The highest BCUT2D eigenvalue weighted by Gasteiger charge is 2.30. The van der Waals surface area contributed by atoms with Crippen LogP contribution < -0.4 is 0 Å². The van der Waals surface area contributed by atoms with E-state index in [1.807, 2.05) is 20.2 Å². The molecule has 0 unspecified atom stereocenters. The van der Waals surface area contributed by atoms with Crippen molar-refractivity contribution in [2.75, 3.05) is 27.2 Å². The zero-order valence-electron chi connectivity index (χ0n) is 11.8. The van der Waals surface area contributed by atoms with E-state index in [-0.39, 0.29) is 4.90 Å². The molecule has 1 aromatic rings. The first-order valence-electron chi connectivity index (χ1n) is 6.62. The van der Waals surface area contributed by atoms with Crippen LogP contribution in [0, 0.1) is 11.3 Å². The van der Waals surface area contributed by atoms with Crippen LogP contribution in [0.15, 0.2) is 29.2 Å². The lowest BCUT2D eigenvalue weighted by molar-refractivity contribution is 0.196. The van der Waals surface area contributed by atoms with Gasteiger partial charge in [0.2, 0.25) is 10.0 Å². The number of nitrogens with zero attached hydrogens (tertiary/aromatic N) is 3. The molecule has 108 valence electrons. The largest absolute Gasteiger partial charge is 0.306 e. The molecule has 1 fully saturated rings. The molecule has 2 rings (SSSR count). The Labute approximate surface area is 120 Å². The first-order valence-corrected chi connectivity index (χ1v) is 8.06. The summed E-state index contributed by atoms with van der Waals surface area (Å²) in [7, 11) is 0.558. The molecule has 0 bridgehead atoms. The lowest BCUT2D eigenvalue weighted by Crippen LogP contribution is -2.44. The molecule has 0 atom stereocenters. The van der Waals surface area contributed by atoms with Gasteiger partial charge in [-0.3, -0.25) is 0 Å². The highest BCUT2D eigenvalue weighted by Crippen LogP contribution is 2.22. The minimum atomic E-state index is -3.48. The lowest BCUT2D eigenvalue weighted by atomic mass is 10.1. The minimum absolute atomic E-state index is 0.208. The van der Waals surface area contributed by atoms with Gasteiger partial charge >= 0.3 is 0 Å². The normalized spacial score (nSPS) is 18.1. The Hall–Kier alpha value is -1.42. The minimum Gasteiger partial charge on any atom is -0.306 e. The third kappa shape index (κ3) is 3.01. The lowest BCUT2D eigenvalue weighted by Gasteiger charge is -2.34. The van der Waals surface area contributed by atoms with Gasteiger partial charge in [0.05, 0.1) is 16.5 Å². The summed E-state index contributed by atoms with van der Waals surface area (Å²) >= 11 is 0. The zero-order chi connectivity index (χ0) is 14.8. The number of nitriles is 1. The molecule has 1 heterocycles. The molecular weight excluding hydrogens is 274 g/mol. The van der Waals surface area contributed by atoms with Crippen LogP contribution in [-0.2, 0) is 10.0 Å². The van der Waals surface area contributed by atoms with Gasteiger partial charge < -0.3 is 4.90 Å². The van der Waals surface area contributed by atoms with Crippen LogP contribution in [0.2, 0.25) is 0 Å². The predicted molar refractivity (Wildman–Crippen MR) is 76.6 cm³/mol. The van der Waals surface area contributed by atoms with Gasteiger partial charge in [-0.15, -0.1) is 0 Å². The molecule has 0 N–H and O–H groups in total. The number of hydrogen-bond acceptors (Lipinski definition) is 4. The number of sulfonamides is 1. The van der Waals surface area contributed by atoms with Gasteiger partial charge in [0.25, 0.3) is 0 Å². The van der Waals surface area contributed by atoms with Crippen LogP contribution in [-0.4, -0.2) is 50.8 Å². The molecule has 0 saturated carbocycles. The van der Waals surface area contributed by atoms with Crippen LogP contribution >= 0.6 is 0 Å². The maximum Gasteiger partial charge on any atom is 0.243 e. The molecule has 1 aliphatic heterocycles. The van der Waals surface area contributed by atoms with Crippen molar-refractivity contribution in [2.24, 2.45) is 0 Å². The predicted octanol–water partition coefficient (Wildman–Crippen LogP) is 1.27. The fraction of sp³-hybridized carbons (Fsp3) is 0.500. The molecular formula is C14H19N3O2S. The van der Waals surface area contributed by atoms with Crippen LogP contribution in [0.5, 0.6) is 0 Å². The van der Waals surface area contributed by atoms with Crippen LogP contribution in [0.25, 0.3) is 0 Å². The standard InChI is InChI=1S/C14H19N3O2S/c1-16(2)13-6-8-17(9-7-13)20(18,19)14-5-3-4-12(10-14)11-15/h3-5,10,13H,6-9H2,1-2H3. The molecule has 1 saturated heterocycles. The van der Waals surface area contributed by atoms with Crippen molar-refractivity contribution in [3.8, 4) is 6.07 Å². The fourth-order valence-corrected chi connectivity index (χ4v) is 3.99. The Morgan fingerprint density at radius 3 is 2.50 bits per heavy atom. The van der Waals surface area contributed by atoms with Gasteiger partial charge in [0.15, 0.2) is 0 Å².